The summed E-state index contributed by atoms with van der Waals surface area (Å²) >= 11 is 0. The molecule has 0 saturated heterocycles. The molecule has 0 amide bonds. The first-order valence-corrected chi connectivity index (χ1v) is 5.04. The molecule has 2 atom stereocenters. The van der Waals surface area contributed by atoms with E-state index in [1.165, 1.54) is 12.8 Å². The van der Waals surface area contributed by atoms with Crippen molar-refractivity contribution in [3.63, 3.8) is 0 Å². The summed E-state index contributed by atoms with van der Waals surface area (Å²) in [6.07, 6.45) is 7.39. The Morgan fingerprint density at radius 2 is 2.57 bits per heavy atom. The van der Waals surface area contributed by atoms with Gasteiger partial charge in [-0.2, -0.15) is 0 Å². The maximum atomic E-state index is 5.39. The van der Waals surface area contributed by atoms with Crippen LogP contribution in [-0.2, 0) is 11.3 Å². The monoisotopic (exact) mass is 196 g/mol. The van der Waals surface area contributed by atoms with Crippen molar-refractivity contribution in [2.24, 2.45) is 0 Å². The van der Waals surface area contributed by atoms with Crippen LogP contribution < -0.4 is 5.32 Å². The number of ether oxygens (including phenoxy) is 1. The molecule has 0 aliphatic heterocycles. The van der Waals surface area contributed by atoms with Crippen molar-refractivity contribution in [2.45, 2.75) is 38.0 Å². The van der Waals surface area contributed by atoms with Gasteiger partial charge in [0.1, 0.15) is 6.26 Å². The molecule has 2 rings (SSSR count). The minimum atomic E-state index is 0.370. The molecule has 1 heterocycles. The van der Waals surface area contributed by atoms with E-state index in [4.69, 9.17) is 9.26 Å². The molecule has 1 aliphatic carbocycles. The number of nitrogens with zero attached hydrogens (tertiary/aromatic N) is 1. The van der Waals surface area contributed by atoms with E-state index >= 15 is 0 Å². The molecule has 1 aliphatic rings. The van der Waals surface area contributed by atoms with Crippen molar-refractivity contribution in [2.75, 3.05) is 7.11 Å². The number of hydrogen-bond acceptors (Lipinski definition) is 4. The third-order valence-electron chi connectivity index (χ3n) is 2.81. The van der Waals surface area contributed by atoms with Gasteiger partial charge in [-0.25, -0.2) is 0 Å². The Kier molecular flexibility index (Phi) is 3.16. The minimum Gasteiger partial charge on any atom is -0.380 e. The lowest BCUT2D eigenvalue weighted by molar-refractivity contribution is 0.0847. The minimum absolute atomic E-state index is 0.370. The van der Waals surface area contributed by atoms with Crippen LogP contribution in [0.25, 0.3) is 0 Å². The van der Waals surface area contributed by atoms with Crippen LogP contribution in [0.3, 0.4) is 0 Å². The van der Waals surface area contributed by atoms with Crippen LogP contribution in [0.1, 0.15) is 24.8 Å². The highest BCUT2D eigenvalue weighted by Crippen LogP contribution is 2.21. The number of rotatable bonds is 4. The Morgan fingerprint density at radius 3 is 3.29 bits per heavy atom. The third-order valence-corrected chi connectivity index (χ3v) is 2.81. The van der Waals surface area contributed by atoms with Crippen LogP contribution >= 0.6 is 0 Å². The molecule has 1 aromatic heterocycles. The van der Waals surface area contributed by atoms with Crippen LogP contribution in [0.4, 0.5) is 0 Å². The Bertz CT molecular complexity index is 261. The molecule has 1 aromatic rings. The zero-order valence-electron chi connectivity index (χ0n) is 8.40. The molecule has 78 valence electrons. The molecule has 0 spiro atoms. The second-order valence-electron chi connectivity index (χ2n) is 3.73. The highest BCUT2D eigenvalue weighted by Gasteiger charge is 2.26. The zero-order valence-corrected chi connectivity index (χ0v) is 8.40. The Labute approximate surface area is 83.6 Å². The van der Waals surface area contributed by atoms with E-state index in [9.17, 15) is 0 Å². The molecule has 0 aromatic carbocycles. The van der Waals surface area contributed by atoms with Gasteiger partial charge in [-0.1, -0.05) is 5.16 Å². The van der Waals surface area contributed by atoms with Gasteiger partial charge in [0.05, 0.1) is 12.3 Å². The topological polar surface area (TPSA) is 47.3 Å². The quantitative estimate of drug-likeness (QED) is 0.789. The van der Waals surface area contributed by atoms with Gasteiger partial charge in [0.2, 0.25) is 0 Å². The normalized spacial score (nSPS) is 26.9. The van der Waals surface area contributed by atoms with Gasteiger partial charge in [0.15, 0.2) is 0 Å². The largest absolute Gasteiger partial charge is 0.380 e. The lowest BCUT2D eigenvalue weighted by Crippen LogP contribution is -2.36. The summed E-state index contributed by atoms with van der Waals surface area (Å²) in [6.45, 7) is 0.814. The third kappa shape index (κ3) is 2.13. The Balaban J connectivity index is 1.80. The van der Waals surface area contributed by atoms with Gasteiger partial charge in [-0.05, 0) is 19.3 Å². The molecule has 2 unspecified atom stereocenters. The molecule has 1 saturated carbocycles. The fourth-order valence-corrected chi connectivity index (χ4v) is 2.00. The molecular weight excluding hydrogens is 180 g/mol. The average molecular weight is 196 g/mol. The fraction of sp³-hybridized carbons (Fsp3) is 0.700. The number of methoxy groups -OCH3 is 1. The van der Waals surface area contributed by atoms with E-state index in [0.29, 0.717) is 12.1 Å². The van der Waals surface area contributed by atoms with E-state index in [0.717, 1.165) is 18.5 Å². The summed E-state index contributed by atoms with van der Waals surface area (Å²) in [5.74, 6) is 0. The van der Waals surface area contributed by atoms with Crippen molar-refractivity contribution < 1.29 is 9.26 Å². The van der Waals surface area contributed by atoms with Gasteiger partial charge >= 0.3 is 0 Å². The van der Waals surface area contributed by atoms with Crippen LogP contribution in [-0.4, -0.2) is 24.4 Å². The molecule has 0 bridgehead atoms. The van der Waals surface area contributed by atoms with Crippen molar-refractivity contribution in [3.8, 4) is 0 Å². The van der Waals surface area contributed by atoms with Crippen LogP contribution in [0.15, 0.2) is 17.0 Å². The predicted molar refractivity (Wildman–Crippen MR) is 51.8 cm³/mol. The second-order valence-corrected chi connectivity index (χ2v) is 3.73. The molecule has 4 heteroatoms. The summed E-state index contributed by atoms with van der Waals surface area (Å²) in [6, 6.07) is 0.481. The van der Waals surface area contributed by atoms with Crippen molar-refractivity contribution in [1.29, 1.82) is 0 Å². The molecular formula is C10H16N2O2. The van der Waals surface area contributed by atoms with E-state index in [1.807, 2.05) is 0 Å². The molecule has 0 radical (unpaired) electrons. The number of hydrogen-bond donors (Lipinski definition) is 1. The Hall–Kier alpha value is -0.870. The summed E-state index contributed by atoms with van der Waals surface area (Å²) in [4.78, 5) is 0. The molecule has 1 fully saturated rings. The lowest BCUT2D eigenvalue weighted by atomic mass is 10.2. The molecule has 1 N–H and O–H groups in total. The number of aromatic nitrogens is 1. The Morgan fingerprint density at radius 1 is 1.64 bits per heavy atom. The van der Waals surface area contributed by atoms with Crippen molar-refractivity contribution >= 4 is 0 Å². The lowest BCUT2D eigenvalue weighted by Gasteiger charge is -2.18. The highest BCUT2D eigenvalue weighted by atomic mass is 16.5. The zero-order chi connectivity index (χ0) is 9.80. The first-order valence-electron chi connectivity index (χ1n) is 5.04. The smallest absolute Gasteiger partial charge is 0.128 e. The summed E-state index contributed by atoms with van der Waals surface area (Å²) in [5.41, 5.74) is 1.09. The average Bonchev–Trinajstić information content (AvgIpc) is 2.85. The van der Waals surface area contributed by atoms with E-state index in [1.54, 1.807) is 19.6 Å². The van der Waals surface area contributed by atoms with E-state index in [-0.39, 0.29) is 0 Å². The van der Waals surface area contributed by atoms with Crippen molar-refractivity contribution in [3.05, 3.63) is 18.0 Å². The van der Waals surface area contributed by atoms with Gasteiger partial charge in [-0.15, -0.1) is 0 Å². The van der Waals surface area contributed by atoms with Crippen LogP contribution in [0.2, 0.25) is 0 Å². The summed E-state index contributed by atoms with van der Waals surface area (Å²) < 4.78 is 10.2. The van der Waals surface area contributed by atoms with Gasteiger partial charge in [0.25, 0.3) is 0 Å². The van der Waals surface area contributed by atoms with E-state index in [2.05, 4.69) is 10.5 Å². The highest BCUT2D eigenvalue weighted by molar-refractivity contribution is 5.00. The van der Waals surface area contributed by atoms with Crippen molar-refractivity contribution in [1.82, 2.24) is 10.5 Å². The van der Waals surface area contributed by atoms with Crippen LogP contribution in [0, 0.1) is 0 Å². The predicted octanol–water partition coefficient (Wildman–Crippen LogP) is 1.33. The van der Waals surface area contributed by atoms with Gasteiger partial charge in [-0.3, -0.25) is 0 Å². The number of nitrogens with one attached hydrogen (secondary N) is 1. The first kappa shape index (κ1) is 9.68. The molecule has 14 heavy (non-hydrogen) atoms. The van der Waals surface area contributed by atoms with Gasteiger partial charge in [0, 0.05) is 25.3 Å². The molecule has 4 nitrogen and oxygen atoms in total. The maximum absolute atomic E-state index is 5.39. The van der Waals surface area contributed by atoms with E-state index < -0.39 is 0 Å². The van der Waals surface area contributed by atoms with Crippen LogP contribution in [0.5, 0.6) is 0 Å². The summed E-state index contributed by atoms with van der Waals surface area (Å²) in [7, 11) is 1.78. The first-order chi connectivity index (χ1) is 6.90. The SMILES string of the molecule is COC1CCCC1NCc1cnoc1. The maximum Gasteiger partial charge on any atom is 0.128 e. The standard InChI is InChI=1S/C10H16N2O2/c1-13-10-4-2-3-9(10)11-5-8-6-12-14-7-8/h6-7,9-11H,2-5H2,1H3. The summed E-state index contributed by atoms with van der Waals surface area (Å²) in [5, 5.41) is 7.12. The fourth-order valence-electron chi connectivity index (χ4n) is 2.00. The second kappa shape index (κ2) is 4.57. The van der Waals surface area contributed by atoms with Gasteiger partial charge < -0.3 is 14.6 Å².